The Bertz CT molecular complexity index is 894. The molecule has 0 bridgehead atoms. The van der Waals surface area contributed by atoms with Crippen molar-refractivity contribution in [2.75, 3.05) is 39.3 Å². The molecule has 2 saturated heterocycles. The molecule has 2 heterocycles. The first-order valence-corrected chi connectivity index (χ1v) is 14.5. The molecule has 2 N–H and O–H groups in total. The summed E-state index contributed by atoms with van der Waals surface area (Å²) < 4.78 is 0. The lowest BCUT2D eigenvalue weighted by Gasteiger charge is -2.43. The number of hydrogen-bond donors (Lipinski definition) is 2. The number of nitrogens with zero attached hydrogens (tertiary/aromatic N) is 4. The van der Waals surface area contributed by atoms with Crippen molar-refractivity contribution < 1.29 is 10.0 Å². The molecule has 2 aliphatic rings. The molecule has 0 saturated carbocycles. The van der Waals surface area contributed by atoms with Crippen LogP contribution in [0, 0.1) is 13.8 Å². The molecule has 0 radical (unpaired) electrons. The molecule has 0 aromatic heterocycles. The Labute approximate surface area is 232 Å². The fourth-order valence-electron chi connectivity index (χ4n) is 5.90. The fourth-order valence-corrected chi connectivity index (χ4v) is 5.90. The van der Waals surface area contributed by atoms with Crippen molar-refractivity contribution in [3.8, 4) is 0 Å². The second-order valence-corrected chi connectivity index (χ2v) is 11.6. The van der Waals surface area contributed by atoms with Crippen LogP contribution in [-0.2, 0) is 0 Å². The van der Waals surface area contributed by atoms with Gasteiger partial charge in [-0.2, -0.15) is 0 Å². The third-order valence-corrected chi connectivity index (χ3v) is 8.59. The van der Waals surface area contributed by atoms with Gasteiger partial charge in [-0.1, -0.05) is 59.7 Å². The molecule has 2 fully saturated rings. The molecule has 6 nitrogen and oxygen atoms in total. The average Bonchev–Trinajstić information content (AvgIpc) is 2.89. The van der Waals surface area contributed by atoms with E-state index >= 15 is 0 Å². The van der Waals surface area contributed by atoms with Crippen LogP contribution in [0.25, 0.3) is 0 Å². The van der Waals surface area contributed by atoms with E-state index in [0.29, 0.717) is 24.2 Å². The Kier molecular flexibility index (Phi) is 11.5. The Morgan fingerprint density at radius 2 is 0.947 bits per heavy atom. The molecule has 8 heteroatoms. The first-order valence-electron chi connectivity index (χ1n) is 14.5. The summed E-state index contributed by atoms with van der Waals surface area (Å²) in [6.07, 6.45) is 0. The zero-order chi connectivity index (χ0) is 28.0. The van der Waals surface area contributed by atoms with Crippen LogP contribution < -0.4 is 0 Å². The lowest BCUT2D eigenvalue weighted by atomic mass is 9.83. The van der Waals surface area contributed by atoms with Gasteiger partial charge in [0.2, 0.25) is 0 Å². The van der Waals surface area contributed by atoms with Crippen molar-refractivity contribution in [2.45, 2.75) is 79.4 Å². The van der Waals surface area contributed by atoms with Crippen molar-refractivity contribution in [2.24, 2.45) is 0 Å². The number of benzene rings is 2. The van der Waals surface area contributed by atoms with Crippen LogP contribution in [0.4, 0.5) is 0 Å². The molecule has 2 aromatic rings. The van der Waals surface area contributed by atoms with E-state index < -0.39 is 0 Å². The molecule has 4 atom stereocenters. The number of rotatable bonds is 6. The van der Waals surface area contributed by atoms with Gasteiger partial charge in [0, 0.05) is 63.4 Å². The molecule has 0 unspecified atom stereocenters. The van der Waals surface area contributed by atoms with Gasteiger partial charge in [-0.15, -0.1) is 0 Å². The quantitative estimate of drug-likeness (QED) is 0.553. The Morgan fingerprint density at radius 1 is 0.632 bits per heavy atom. The van der Waals surface area contributed by atoms with E-state index in [9.17, 15) is 10.0 Å². The molecule has 2 aromatic carbocycles. The minimum Gasteiger partial charge on any atom is -0.437 e. The standard InChI is InChI=1S/2C15H25BN2O/c2*1-12-5-7-15(8-6-12)14(3)18-10-9-17(16(4)19)11-13(18)2/h2*5-8,13-14,19H,9-11H2,1-4H3/t13-,14+;13-,14-/m00/s1. The molecule has 0 spiro atoms. The van der Waals surface area contributed by atoms with Gasteiger partial charge in [0.05, 0.1) is 0 Å². The maximum Gasteiger partial charge on any atom is 0.376 e. The van der Waals surface area contributed by atoms with Gasteiger partial charge < -0.3 is 19.7 Å². The van der Waals surface area contributed by atoms with E-state index in [-0.39, 0.29) is 14.1 Å². The van der Waals surface area contributed by atoms with Gasteiger partial charge in [-0.3, -0.25) is 9.80 Å². The summed E-state index contributed by atoms with van der Waals surface area (Å²) in [5, 5.41) is 19.3. The van der Waals surface area contributed by atoms with E-state index in [0.717, 1.165) is 39.3 Å². The lowest BCUT2D eigenvalue weighted by Crippen LogP contribution is -2.56. The Balaban J connectivity index is 0.000000211. The predicted octanol–water partition coefficient (Wildman–Crippen LogP) is 4.34. The maximum atomic E-state index is 9.67. The van der Waals surface area contributed by atoms with E-state index in [2.05, 4.69) is 109 Å². The van der Waals surface area contributed by atoms with Gasteiger partial charge in [-0.05, 0) is 66.3 Å². The molecule has 0 amide bonds. The van der Waals surface area contributed by atoms with Crippen LogP contribution in [-0.4, -0.2) is 94.9 Å². The van der Waals surface area contributed by atoms with Gasteiger partial charge >= 0.3 is 14.1 Å². The molecular weight excluding hydrogens is 470 g/mol. The van der Waals surface area contributed by atoms with Crippen LogP contribution in [0.1, 0.15) is 62.0 Å². The third kappa shape index (κ3) is 8.17. The monoisotopic (exact) mass is 520 g/mol. The van der Waals surface area contributed by atoms with Gasteiger partial charge in [0.15, 0.2) is 0 Å². The van der Waals surface area contributed by atoms with Crippen LogP contribution in [0.3, 0.4) is 0 Å². The number of hydrogen-bond acceptors (Lipinski definition) is 6. The summed E-state index contributed by atoms with van der Waals surface area (Å²) in [5.41, 5.74) is 5.37. The molecule has 38 heavy (non-hydrogen) atoms. The van der Waals surface area contributed by atoms with Gasteiger partial charge in [0.1, 0.15) is 0 Å². The topological polar surface area (TPSA) is 53.4 Å². The average molecular weight is 520 g/mol. The second kappa shape index (κ2) is 14.1. The Hall–Kier alpha value is -1.67. The summed E-state index contributed by atoms with van der Waals surface area (Å²) in [4.78, 5) is 9.35. The second-order valence-electron chi connectivity index (χ2n) is 11.6. The van der Waals surface area contributed by atoms with Crippen molar-refractivity contribution in [3.05, 3.63) is 70.8 Å². The highest BCUT2D eigenvalue weighted by atomic mass is 16.2. The van der Waals surface area contributed by atoms with Crippen molar-refractivity contribution in [3.63, 3.8) is 0 Å². The summed E-state index contributed by atoms with van der Waals surface area (Å²) in [6, 6.07) is 19.5. The summed E-state index contributed by atoms with van der Waals surface area (Å²) in [6.45, 7) is 22.8. The van der Waals surface area contributed by atoms with Crippen molar-refractivity contribution >= 4 is 14.1 Å². The van der Waals surface area contributed by atoms with Crippen LogP contribution >= 0.6 is 0 Å². The SMILES string of the molecule is CB(O)N1CCN([C@@H](C)c2ccc(C)cc2)[C@@H](C)C1.CB(O)N1CCN([C@H](C)c2ccc(C)cc2)[C@@H](C)C1. The van der Waals surface area contributed by atoms with E-state index in [4.69, 9.17) is 0 Å². The van der Waals surface area contributed by atoms with Crippen molar-refractivity contribution in [1.29, 1.82) is 0 Å². The first-order chi connectivity index (χ1) is 18.0. The molecular formula is C30H50B2N4O2. The molecule has 4 rings (SSSR count). The van der Waals surface area contributed by atoms with E-state index in [1.54, 1.807) is 0 Å². The van der Waals surface area contributed by atoms with Crippen LogP contribution in [0.15, 0.2) is 48.5 Å². The third-order valence-electron chi connectivity index (χ3n) is 8.59. The summed E-state index contributed by atoms with van der Waals surface area (Å²) in [5.74, 6) is 0. The zero-order valence-corrected chi connectivity index (χ0v) is 25.0. The molecule has 0 aliphatic carbocycles. The largest absolute Gasteiger partial charge is 0.437 e. The normalized spacial score (nSPS) is 23.3. The lowest BCUT2D eigenvalue weighted by molar-refractivity contribution is 0.0830. The summed E-state index contributed by atoms with van der Waals surface area (Å²) >= 11 is 0. The predicted molar refractivity (Wildman–Crippen MR) is 162 cm³/mol. The number of aryl methyl sites for hydroxylation is 2. The zero-order valence-electron chi connectivity index (χ0n) is 25.0. The Morgan fingerprint density at radius 3 is 1.21 bits per heavy atom. The van der Waals surface area contributed by atoms with Crippen LogP contribution in [0.5, 0.6) is 0 Å². The first kappa shape index (κ1) is 30.9. The smallest absolute Gasteiger partial charge is 0.376 e. The molecule has 208 valence electrons. The minimum atomic E-state index is -0.334. The van der Waals surface area contributed by atoms with E-state index in [1.165, 1.54) is 22.3 Å². The minimum absolute atomic E-state index is 0.334. The van der Waals surface area contributed by atoms with Gasteiger partial charge in [0.25, 0.3) is 0 Å². The van der Waals surface area contributed by atoms with Crippen LogP contribution in [0.2, 0.25) is 13.6 Å². The highest BCUT2D eigenvalue weighted by Gasteiger charge is 2.31. The highest BCUT2D eigenvalue weighted by Crippen LogP contribution is 2.26. The summed E-state index contributed by atoms with van der Waals surface area (Å²) in [7, 11) is -0.668. The van der Waals surface area contributed by atoms with Crippen molar-refractivity contribution in [1.82, 2.24) is 19.4 Å². The van der Waals surface area contributed by atoms with E-state index in [1.807, 2.05) is 13.6 Å². The molecule has 2 aliphatic heterocycles. The highest BCUT2D eigenvalue weighted by molar-refractivity contribution is 6.45. The fraction of sp³-hybridized carbons (Fsp3) is 0.600. The number of piperazine rings is 2. The van der Waals surface area contributed by atoms with Gasteiger partial charge in [-0.25, -0.2) is 0 Å². The maximum absolute atomic E-state index is 9.67.